The second kappa shape index (κ2) is 6.15. The summed E-state index contributed by atoms with van der Waals surface area (Å²) in [7, 11) is 0. The third-order valence-electron chi connectivity index (χ3n) is 5.53. The highest BCUT2D eigenvalue weighted by Gasteiger charge is 2.38. The number of benzene rings is 2. The standard InChI is InChI=1S/C21H20ClNO/c22-18-4-5-19-16(13-18)2-1-9-21(19)10-7-17-12-15(8-11-23)3-6-20(17)24-14-21/h3-6,12-13H,1-2,7-10,14H2/t21-/m0/s1. The first-order chi connectivity index (χ1) is 11.7. The number of fused-ring (bicyclic) bond motifs is 3. The Bertz CT molecular complexity index is 823. The quantitative estimate of drug-likeness (QED) is 0.733. The van der Waals surface area contributed by atoms with Gasteiger partial charge in [-0.1, -0.05) is 29.8 Å². The summed E-state index contributed by atoms with van der Waals surface area (Å²) in [5.41, 5.74) is 5.20. The molecule has 122 valence electrons. The molecule has 0 saturated heterocycles. The Morgan fingerprint density at radius 2 is 2.00 bits per heavy atom. The molecule has 1 aliphatic heterocycles. The zero-order valence-electron chi connectivity index (χ0n) is 13.6. The predicted molar refractivity (Wildman–Crippen MR) is 95.6 cm³/mol. The van der Waals surface area contributed by atoms with Crippen LogP contribution in [0.3, 0.4) is 0 Å². The van der Waals surface area contributed by atoms with E-state index in [2.05, 4.69) is 24.3 Å². The fourth-order valence-electron chi connectivity index (χ4n) is 4.28. The van der Waals surface area contributed by atoms with Crippen molar-refractivity contribution in [2.24, 2.45) is 0 Å². The number of hydrogen-bond donors (Lipinski definition) is 0. The summed E-state index contributed by atoms with van der Waals surface area (Å²) >= 11 is 6.20. The van der Waals surface area contributed by atoms with E-state index in [1.54, 1.807) is 0 Å². The number of halogens is 1. The molecule has 1 aliphatic carbocycles. The average Bonchev–Trinajstić information content (AvgIpc) is 2.76. The van der Waals surface area contributed by atoms with Gasteiger partial charge in [0.1, 0.15) is 5.75 Å². The number of rotatable bonds is 1. The number of aryl methyl sites for hydroxylation is 2. The van der Waals surface area contributed by atoms with Gasteiger partial charge in [0.2, 0.25) is 0 Å². The van der Waals surface area contributed by atoms with E-state index < -0.39 is 0 Å². The van der Waals surface area contributed by atoms with Gasteiger partial charge < -0.3 is 4.74 Å². The van der Waals surface area contributed by atoms with Crippen LogP contribution in [0.5, 0.6) is 5.75 Å². The van der Waals surface area contributed by atoms with Crippen LogP contribution in [0.2, 0.25) is 5.02 Å². The first kappa shape index (κ1) is 15.5. The smallest absolute Gasteiger partial charge is 0.122 e. The molecule has 4 rings (SSSR count). The normalized spacial score (nSPS) is 22.0. The molecule has 2 aliphatic rings. The molecule has 1 spiro atoms. The maximum absolute atomic E-state index is 8.92. The van der Waals surface area contributed by atoms with Crippen LogP contribution in [0.15, 0.2) is 36.4 Å². The van der Waals surface area contributed by atoms with E-state index in [0.717, 1.165) is 42.2 Å². The first-order valence-corrected chi connectivity index (χ1v) is 8.98. The van der Waals surface area contributed by atoms with Gasteiger partial charge in [-0.25, -0.2) is 0 Å². The van der Waals surface area contributed by atoms with Gasteiger partial charge in [0, 0.05) is 10.4 Å². The van der Waals surface area contributed by atoms with E-state index in [9.17, 15) is 0 Å². The van der Waals surface area contributed by atoms with Crippen molar-refractivity contribution in [3.8, 4) is 11.8 Å². The molecule has 2 aromatic rings. The molecule has 0 saturated carbocycles. The molecule has 0 bridgehead atoms. The highest BCUT2D eigenvalue weighted by Crippen LogP contribution is 2.44. The maximum atomic E-state index is 8.92. The van der Waals surface area contributed by atoms with Crippen molar-refractivity contribution in [3.63, 3.8) is 0 Å². The second-order valence-corrected chi connectivity index (χ2v) is 7.44. The Kier molecular flexibility index (Phi) is 3.98. The number of hydrogen-bond acceptors (Lipinski definition) is 2. The summed E-state index contributed by atoms with van der Waals surface area (Å²) in [6, 6.07) is 14.8. The van der Waals surface area contributed by atoms with Crippen molar-refractivity contribution in [1.29, 1.82) is 5.26 Å². The van der Waals surface area contributed by atoms with Gasteiger partial charge in [0.25, 0.3) is 0 Å². The summed E-state index contributed by atoms with van der Waals surface area (Å²) in [6.07, 6.45) is 6.01. The molecule has 0 unspecified atom stereocenters. The van der Waals surface area contributed by atoms with Crippen LogP contribution in [-0.2, 0) is 24.7 Å². The SMILES string of the molecule is N#CCc1ccc2c(c1)CC[C@@]1(CCCc3cc(Cl)ccc31)CO2. The minimum Gasteiger partial charge on any atom is -0.492 e. The van der Waals surface area contributed by atoms with Crippen LogP contribution in [-0.4, -0.2) is 6.61 Å². The first-order valence-electron chi connectivity index (χ1n) is 8.61. The summed E-state index contributed by atoms with van der Waals surface area (Å²) < 4.78 is 6.25. The molecule has 2 nitrogen and oxygen atoms in total. The lowest BCUT2D eigenvalue weighted by atomic mass is 9.68. The van der Waals surface area contributed by atoms with Gasteiger partial charge in [-0.3, -0.25) is 0 Å². The zero-order chi connectivity index (χ0) is 16.6. The maximum Gasteiger partial charge on any atom is 0.122 e. The summed E-state index contributed by atoms with van der Waals surface area (Å²) in [5, 5.41) is 9.74. The van der Waals surface area contributed by atoms with Crippen molar-refractivity contribution in [2.45, 2.75) is 43.9 Å². The van der Waals surface area contributed by atoms with Crippen LogP contribution in [0, 0.1) is 11.3 Å². The minimum absolute atomic E-state index is 0.0899. The Labute approximate surface area is 148 Å². The molecule has 1 atom stereocenters. The predicted octanol–water partition coefficient (Wildman–Crippen LogP) is 5.01. The fourth-order valence-corrected chi connectivity index (χ4v) is 4.47. The van der Waals surface area contributed by atoms with Crippen LogP contribution < -0.4 is 4.74 Å². The lowest BCUT2D eigenvalue weighted by molar-refractivity contribution is 0.195. The van der Waals surface area contributed by atoms with Gasteiger partial charge in [0.05, 0.1) is 19.1 Å². The van der Waals surface area contributed by atoms with E-state index in [1.165, 1.54) is 29.5 Å². The third kappa shape index (κ3) is 2.68. The Morgan fingerprint density at radius 3 is 2.88 bits per heavy atom. The minimum atomic E-state index is 0.0899. The van der Waals surface area contributed by atoms with E-state index in [0.29, 0.717) is 6.42 Å². The number of nitriles is 1. The molecule has 0 N–H and O–H groups in total. The molecule has 24 heavy (non-hydrogen) atoms. The highest BCUT2D eigenvalue weighted by atomic mass is 35.5. The molecule has 0 radical (unpaired) electrons. The van der Waals surface area contributed by atoms with E-state index in [-0.39, 0.29) is 5.41 Å². The topological polar surface area (TPSA) is 33.0 Å². The van der Waals surface area contributed by atoms with Gasteiger partial charge in [0.15, 0.2) is 0 Å². The fraction of sp³-hybridized carbons (Fsp3) is 0.381. The van der Waals surface area contributed by atoms with Gasteiger partial charge in [-0.2, -0.15) is 5.26 Å². The van der Waals surface area contributed by atoms with E-state index in [4.69, 9.17) is 21.6 Å². The molecular formula is C21H20ClNO. The zero-order valence-corrected chi connectivity index (χ0v) is 14.4. The highest BCUT2D eigenvalue weighted by molar-refractivity contribution is 6.30. The lowest BCUT2D eigenvalue weighted by Gasteiger charge is -2.38. The van der Waals surface area contributed by atoms with Gasteiger partial charge in [-0.05, 0) is 72.6 Å². The number of nitrogens with zero attached hydrogens (tertiary/aromatic N) is 1. The van der Waals surface area contributed by atoms with Crippen molar-refractivity contribution >= 4 is 11.6 Å². The lowest BCUT2D eigenvalue weighted by Crippen LogP contribution is -2.36. The van der Waals surface area contributed by atoms with Crippen molar-refractivity contribution < 1.29 is 4.74 Å². The van der Waals surface area contributed by atoms with Crippen molar-refractivity contribution in [2.75, 3.05) is 6.61 Å². The second-order valence-electron chi connectivity index (χ2n) is 7.00. The van der Waals surface area contributed by atoms with Crippen molar-refractivity contribution in [3.05, 3.63) is 63.7 Å². The van der Waals surface area contributed by atoms with Crippen LogP contribution >= 0.6 is 11.6 Å². The van der Waals surface area contributed by atoms with Gasteiger partial charge in [-0.15, -0.1) is 0 Å². The molecule has 3 heteroatoms. The van der Waals surface area contributed by atoms with Crippen LogP contribution in [0.4, 0.5) is 0 Å². The van der Waals surface area contributed by atoms with Crippen LogP contribution in [0.25, 0.3) is 0 Å². The summed E-state index contributed by atoms with van der Waals surface area (Å²) in [6.45, 7) is 0.728. The summed E-state index contributed by atoms with van der Waals surface area (Å²) in [4.78, 5) is 0. The molecular weight excluding hydrogens is 318 g/mol. The largest absolute Gasteiger partial charge is 0.492 e. The van der Waals surface area contributed by atoms with Gasteiger partial charge >= 0.3 is 0 Å². The molecule has 0 aromatic heterocycles. The van der Waals surface area contributed by atoms with Crippen LogP contribution in [0.1, 0.15) is 41.5 Å². The molecule has 1 heterocycles. The molecule has 0 fully saturated rings. The van der Waals surface area contributed by atoms with Crippen molar-refractivity contribution in [1.82, 2.24) is 0 Å². The molecule has 0 amide bonds. The Hall–Kier alpha value is -1.98. The number of ether oxygens (including phenoxy) is 1. The summed E-state index contributed by atoms with van der Waals surface area (Å²) in [5.74, 6) is 0.981. The Morgan fingerprint density at radius 1 is 1.08 bits per heavy atom. The third-order valence-corrected chi connectivity index (χ3v) is 5.76. The monoisotopic (exact) mass is 337 g/mol. The van der Waals surface area contributed by atoms with E-state index >= 15 is 0 Å². The molecule has 2 aromatic carbocycles. The van der Waals surface area contributed by atoms with E-state index in [1.807, 2.05) is 18.2 Å². The average molecular weight is 338 g/mol. The Balaban J connectivity index is 1.68.